The van der Waals surface area contributed by atoms with Crippen LogP contribution in [0.1, 0.15) is 84.0 Å². The highest BCUT2D eigenvalue weighted by Gasteiger charge is 1.99. The number of methoxy groups -OCH3 is 1. The Bertz CT molecular complexity index is 701. The van der Waals surface area contributed by atoms with E-state index in [1.165, 1.54) is 32.8 Å². The standard InChI is InChI=1S/C27H38O4/c1-3-20-25(28)22-19-23-26(29)21-17-15-13-11-9-7-5-4-6-8-10-12-14-16-18-24-27(30)31-2/h4-5,7,9,25-26,28-29H,3,6,8,10-12,14,16,18,20,22,24H2,1-2H3/b5-4-,9-7-. The SMILES string of the molecule is CCCC(O)CC#CC(O)C#CC#CC/C=C\C=C/CCCCCCCCC(=O)OC. The molecule has 0 aromatic rings. The molecule has 4 nitrogen and oxygen atoms in total. The minimum absolute atomic E-state index is 0.114. The van der Waals surface area contributed by atoms with Gasteiger partial charge in [-0.05, 0) is 43.4 Å². The molecule has 2 atom stereocenters. The smallest absolute Gasteiger partial charge is 0.305 e. The number of aliphatic hydroxyl groups excluding tert-OH is 2. The van der Waals surface area contributed by atoms with Crippen LogP contribution in [0.5, 0.6) is 0 Å². The van der Waals surface area contributed by atoms with E-state index in [2.05, 4.69) is 46.3 Å². The summed E-state index contributed by atoms with van der Waals surface area (Å²) in [5, 5.41) is 19.1. The van der Waals surface area contributed by atoms with Gasteiger partial charge in [-0.1, -0.05) is 81.1 Å². The van der Waals surface area contributed by atoms with Crippen molar-refractivity contribution in [2.24, 2.45) is 0 Å². The Morgan fingerprint density at radius 1 is 0.935 bits per heavy atom. The zero-order chi connectivity index (χ0) is 23.0. The number of hydrogen-bond acceptors (Lipinski definition) is 4. The van der Waals surface area contributed by atoms with Gasteiger partial charge in [-0.2, -0.15) is 0 Å². The van der Waals surface area contributed by atoms with Crippen molar-refractivity contribution >= 4 is 5.97 Å². The molecule has 4 heteroatoms. The molecule has 0 heterocycles. The van der Waals surface area contributed by atoms with Crippen molar-refractivity contribution in [1.82, 2.24) is 0 Å². The predicted molar refractivity (Wildman–Crippen MR) is 127 cm³/mol. The number of carbonyl (C=O) groups is 1. The van der Waals surface area contributed by atoms with Crippen LogP contribution in [-0.4, -0.2) is 35.5 Å². The molecular formula is C27H38O4. The Labute approximate surface area is 189 Å². The molecule has 170 valence electrons. The zero-order valence-corrected chi connectivity index (χ0v) is 19.2. The first-order chi connectivity index (χ1) is 15.1. The maximum Gasteiger partial charge on any atom is 0.305 e. The van der Waals surface area contributed by atoms with E-state index in [1.807, 2.05) is 25.2 Å². The van der Waals surface area contributed by atoms with Crippen LogP contribution in [0, 0.1) is 35.5 Å². The van der Waals surface area contributed by atoms with Crippen LogP contribution in [0.25, 0.3) is 0 Å². The molecule has 0 fully saturated rings. The molecular weight excluding hydrogens is 388 g/mol. The fourth-order valence-corrected chi connectivity index (χ4v) is 2.67. The zero-order valence-electron chi connectivity index (χ0n) is 19.2. The molecule has 0 amide bonds. The molecule has 0 radical (unpaired) electrons. The second-order valence-electron chi connectivity index (χ2n) is 7.24. The minimum Gasteiger partial charge on any atom is -0.469 e. The molecule has 0 spiro atoms. The highest BCUT2D eigenvalue weighted by atomic mass is 16.5. The minimum atomic E-state index is -1.03. The summed E-state index contributed by atoms with van der Waals surface area (Å²) in [4.78, 5) is 11.0. The van der Waals surface area contributed by atoms with Gasteiger partial charge in [-0.15, -0.1) is 0 Å². The Hall–Kier alpha value is -2.45. The molecule has 0 saturated heterocycles. The van der Waals surface area contributed by atoms with Gasteiger partial charge in [-0.3, -0.25) is 4.79 Å². The van der Waals surface area contributed by atoms with E-state index in [0.717, 1.165) is 25.7 Å². The van der Waals surface area contributed by atoms with Gasteiger partial charge in [0.1, 0.15) is 0 Å². The molecule has 2 unspecified atom stereocenters. The number of unbranched alkanes of at least 4 members (excludes halogenated alkanes) is 6. The van der Waals surface area contributed by atoms with Crippen molar-refractivity contribution in [2.75, 3.05) is 7.11 Å². The molecule has 2 N–H and O–H groups in total. The molecule has 0 aliphatic carbocycles. The normalized spacial score (nSPS) is 12.3. The topological polar surface area (TPSA) is 66.8 Å². The third kappa shape index (κ3) is 22.1. The maximum atomic E-state index is 11.0. The summed E-state index contributed by atoms with van der Waals surface area (Å²) < 4.78 is 4.62. The molecule has 0 aliphatic heterocycles. The molecule has 0 aromatic heterocycles. The van der Waals surface area contributed by atoms with Gasteiger partial charge < -0.3 is 14.9 Å². The van der Waals surface area contributed by atoms with Crippen molar-refractivity contribution in [3.05, 3.63) is 24.3 Å². The molecule has 0 aromatic carbocycles. The second-order valence-corrected chi connectivity index (χ2v) is 7.24. The predicted octanol–water partition coefficient (Wildman–Crippen LogP) is 4.70. The van der Waals surface area contributed by atoms with Gasteiger partial charge in [0, 0.05) is 19.3 Å². The highest BCUT2D eigenvalue weighted by Crippen LogP contribution is 2.09. The van der Waals surface area contributed by atoms with Gasteiger partial charge in [0.2, 0.25) is 0 Å². The van der Waals surface area contributed by atoms with Crippen LogP contribution < -0.4 is 0 Å². The van der Waals surface area contributed by atoms with Crippen LogP contribution in [0.3, 0.4) is 0 Å². The van der Waals surface area contributed by atoms with Gasteiger partial charge >= 0.3 is 5.97 Å². The quantitative estimate of drug-likeness (QED) is 0.183. The number of ether oxygens (including phenoxy) is 1. The van der Waals surface area contributed by atoms with Gasteiger partial charge in [0.15, 0.2) is 6.10 Å². The fraction of sp³-hybridized carbons (Fsp3) is 0.593. The molecule has 0 aliphatic rings. The van der Waals surface area contributed by atoms with Crippen LogP contribution in [0.15, 0.2) is 24.3 Å². The summed E-state index contributed by atoms with van der Waals surface area (Å²) in [5.74, 6) is 16.0. The van der Waals surface area contributed by atoms with Gasteiger partial charge in [-0.25, -0.2) is 0 Å². The number of aliphatic hydroxyl groups is 2. The first kappa shape index (κ1) is 28.5. The monoisotopic (exact) mass is 426 g/mol. The molecule has 0 saturated carbocycles. The number of hydrogen-bond donors (Lipinski definition) is 2. The summed E-state index contributed by atoms with van der Waals surface area (Å²) in [6.07, 6.45) is 17.7. The van der Waals surface area contributed by atoms with E-state index in [9.17, 15) is 15.0 Å². The van der Waals surface area contributed by atoms with Crippen LogP contribution >= 0.6 is 0 Å². The Balaban J connectivity index is 3.72. The summed E-state index contributed by atoms with van der Waals surface area (Å²) in [7, 11) is 1.43. The number of rotatable bonds is 14. The average Bonchev–Trinajstić information content (AvgIpc) is 2.75. The van der Waals surface area contributed by atoms with Gasteiger partial charge in [0.25, 0.3) is 0 Å². The number of esters is 1. The van der Waals surface area contributed by atoms with E-state index in [0.29, 0.717) is 25.7 Å². The van der Waals surface area contributed by atoms with E-state index in [1.54, 1.807) is 0 Å². The first-order valence-electron chi connectivity index (χ1n) is 11.3. The summed E-state index contributed by atoms with van der Waals surface area (Å²) >= 11 is 0. The highest BCUT2D eigenvalue weighted by molar-refractivity contribution is 5.68. The molecule has 31 heavy (non-hydrogen) atoms. The lowest BCUT2D eigenvalue weighted by Crippen LogP contribution is -2.04. The van der Waals surface area contributed by atoms with Crippen molar-refractivity contribution in [1.29, 1.82) is 0 Å². The number of allylic oxidation sites excluding steroid dienone is 4. The molecule has 0 rings (SSSR count). The lowest BCUT2D eigenvalue weighted by Gasteiger charge is -2.02. The lowest BCUT2D eigenvalue weighted by molar-refractivity contribution is -0.140. The third-order valence-electron chi connectivity index (χ3n) is 4.39. The maximum absolute atomic E-state index is 11.0. The average molecular weight is 427 g/mol. The Kier molecular flexibility index (Phi) is 20.5. The van der Waals surface area contributed by atoms with Crippen molar-refractivity contribution in [3.8, 4) is 35.5 Å². The van der Waals surface area contributed by atoms with Gasteiger partial charge in [0.05, 0.1) is 13.2 Å². The number of carbonyl (C=O) groups excluding carboxylic acids is 1. The molecule has 0 bridgehead atoms. The van der Waals surface area contributed by atoms with E-state index in [4.69, 9.17) is 0 Å². The van der Waals surface area contributed by atoms with Crippen LogP contribution in [0.4, 0.5) is 0 Å². The van der Waals surface area contributed by atoms with E-state index >= 15 is 0 Å². The largest absolute Gasteiger partial charge is 0.469 e. The van der Waals surface area contributed by atoms with E-state index < -0.39 is 12.2 Å². The van der Waals surface area contributed by atoms with Crippen molar-refractivity contribution in [2.45, 2.75) is 96.2 Å². The van der Waals surface area contributed by atoms with Crippen LogP contribution in [0.2, 0.25) is 0 Å². The fourth-order valence-electron chi connectivity index (χ4n) is 2.67. The Morgan fingerprint density at radius 3 is 2.39 bits per heavy atom. The first-order valence-corrected chi connectivity index (χ1v) is 11.3. The van der Waals surface area contributed by atoms with E-state index in [-0.39, 0.29) is 5.97 Å². The van der Waals surface area contributed by atoms with Crippen molar-refractivity contribution < 1.29 is 19.7 Å². The summed E-state index contributed by atoms with van der Waals surface area (Å²) in [6.45, 7) is 2.00. The third-order valence-corrected chi connectivity index (χ3v) is 4.39. The summed E-state index contributed by atoms with van der Waals surface area (Å²) in [6, 6.07) is 0. The second kappa shape index (κ2) is 22.2. The summed E-state index contributed by atoms with van der Waals surface area (Å²) in [5.41, 5.74) is 0. The Morgan fingerprint density at radius 2 is 1.65 bits per heavy atom. The van der Waals surface area contributed by atoms with Crippen LogP contribution in [-0.2, 0) is 9.53 Å². The van der Waals surface area contributed by atoms with Crippen molar-refractivity contribution in [3.63, 3.8) is 0 Å². The lowest BCUT2D eigenvalue weighted by atomic mass is 10.1.